The van der Waals surface area contributed by atoms with Gasteiger partial charge in [-0.1, -0.05) is 51.1 Å². The minimum atomic E-state index is -0.659. The van der Waals surface area contributed by atoms with Gasteiger partial charge in [-0.25, -0.2) is 0 Å². The van der Waals surface area contributed by atoms with Crippen LogP contribution in [0.4, 0.5) is 0 Å². The van der Waals surface area contributed by atoms with Crippen LogP contribution in [0.1, 0.15) is 46.1 Å². The van der Waals surface area contributed by atoms with Crippen molar-refractivity contribution in [3.63, 3.8) is 0 Å². The summed E-state index contributed by atoms with van der Waals surface area (Å²) < 4.78 is 5.87. The Kier molecular flexibility index (Phi) is 7.42. The Bertz CT molecular complexity index is 438. The number of hydrogen-bond acceptors (Lipinski definition) is 3. The van der Waals surface area contributed by atoms with Gasteiger partial charge in [-0.2, -0.15) is 5.26 Å². The molecule has 0 aromatic heterocycles. The number of ether oxygens (including phenoxy) is 1. The zero-order valence-corrected chi connectivity index (χ0v) is 13.7. The van der Waals surface area contributed by atoms with Gasteiger partial charge >= 0.3 is 0 Å². The summed E-state index contributed by atoms with van der Waals surface area (Å²) in [5, 5.41) is 13.2. The van der Waals surface area contributed by atoms with Crippen LogP contribution in [-0.4, -0.2) is 19.3 Å². The topological polar surface area (TPSA) is 45.0 Å². The van der Waals surface area contributed by atoms with Crippen molar-refractivity contribution in [1.29, 1.82) is 5.26 Å². The molecule has 1 N–H and O–H groups in total. The van der Waals surface area contributed by atoms with E-state index in [-0.39, 0.29) is 6.10 Å². The van der Waals surface area contributed by atoms with E-state index in [1.54, 1.807) is 0 Å². The molecule has 3 heteroatoms. The first-order valence-electron chi connectivity index (χ1n) is 7.89. The van der Waals surface area contributed by atoms with Crippen molar-refractivity contribution in [2.24, 2.45) is 5.92 Å². The van der Waals surface area contributed by atoms with Crippen LogP contribution in [0.25, 0.3) is 0 Å². The fourth-order valence-corrected chi connectivity index (χ4v) is 2.15. The molecule has 0 heterocycles. The smallest absolute Gasteiger partial charge is 0.134 e. The molecule has 2 atom stereocenters. The molecule has 2 unspecified atom stereocenters. The second-order valence-electron chi connectivity index (χ2n) is 5.88. The van der Waals surface area contributed by atoms with Crippen LogP contribution in [0.15, 0.2) is 30.3 Å². The minimum absolute atomic E-state index is 0.211. The molecule has 0 spiro atoms. The number of nitrogens with one attached hydrogen (secondary N) is 1. The maximum absolute atomic E-state index is 9.76. The van der Waals surface area contributed by atoms with E-state index in [1.807, 2.05) is 30.3 Å². The first-order chi connectivity index (χ1) is 10.1. The molecule has 0 saturated carbocycles. The van der Waals surface area contributed by atoms with E-state index in [0.29, 0.717) is 18.9 Å². The third kappa shape index (κ3) is 5.15. The molecule has 0 saturated heterocycles. The van der Waals surface area contributed by atoms with Crippen molar-refractivity contribution in [1.82, 2.24) is 5.32 Å². The highest BCUT2D eigenvalue weighted by atomic mass is 16.5. The summed E-state index contributed by atoms with van der Waals surface area (Å²) in [7, 11) is 0. The minimum Gasteiger partial charge on any atom is -0.378 e. The standard InChI is InChI=1S/C18H28N2O/c1-5-12-20-18(14-19,17-9-7-6-8-10-17)11-13-21-16(4)15(2)3/h6-10,15-16,20H,5,11-13H2,1-4H3. The largest absolute Gasteiger partial charge is 0.378 e. The van der Waals surface area contributed by atoms with Gasteiger partial charge in [0.05, 0.1) is 18.8 Å². The fraction of sp³-hybridized carbons (Fsp3) is 0.611. The molecular formula is C18H28N2O. The molecule has 0 aliphatic carbocycles. The molecule has 21 heavy (non-hydrogen) atoms. The molecule has 3 nitrogen and oxygen atoms in total. The van der Waals surface area contributed by atoms with Crippen LogP contribution in [0.2, 0.25) is 0 Å². The van der Waals surface area contributed by atoms with E-state index in [4.69, 9.17) is 4.74 Å². The Labute approximate surface area is 129 Å². The second-order valence-corrected chi connectivity index (χ2v) is 5.88. The number of nitrogens with zero attached hydrogens (tertiary/aromatic N) is 1. The van der Waals surface area contributed by atoms with Crippen LogP contribution in [0.5, 0.6) is 0 Å². The van der Waals surface area contributed by atoms with Crippen molar-refractivity contribution < 1.29 is 4.74 Å². The summed E-state index contributed by atoms with van der Waals surface area (Å²) in [6.07, 6.45) is 1.87. The van der Waals surface area contributed by atoms with Crippen LogP contribution >= 0.6 is 0 Å². The summed E-state index contributed by atoms with van der Waals surface area (Å²) in [5.74, 6) is 0.488. The lowest BCUT2D eigenvalue weighted by atomic mass is 9.88. The van der Waals surface area contributed by atoms with Gasteiger partial charge in [-0.15, -0.1) is 0 Å². The average Bonchev–Trinajstić information content (AvgIpc) is 2.51. The zero-order valence-electron chi connectivity index (χ0n) is 13.7. The number of nitriles is 1. The quantitative estimate of drug-likeness (QED) is 0.750. The van der Waals surface area contributed by atoms with Gasteiger partial charge in [-0.05, 0) is 31.4 Å². The van der Waals surface area contributed by atoms with Gasteiger partial charge in [0.25, 0.3) is 0 Å². The predicted molar refractivity (Wildman–Crippen MR) is 86.9 cm³/mol. The lowest BCUT2D eigenvalue weighted by Gasteiger charge is -2.29. The van der Waals surface area contributed by atoms with Crippen LogP contribution in [0.3, 0.4) is 0 Å². The highest BCUT2D eigenvalue weighted by Crippen LogP contribution is 2.25. The molecule has 1 aromatic rings. The molecule has 1 aromatic carbocycles. The summed E-state index contributed by atoms with van der Waals surface area (Å²) in [6.45, 7) is 9.89. The van der Waals surface area contributed by atoms with Crippen LogP contribution < -0.4 is 5.32 Å². The third-order valence-electron chi connectivity index (χ3n) is 3.93. The first kappa shape index (κ1) is 17.7. The van der Waals surface area contributed by atoms with Gasteiger partial charge < -0.3 is 4.74 Å². The van der Waals surface area contributed by atoms with Gasteiger partial charge in [0.15, 0.2) is 0 Å². The molecule has 1 rings (SSSR count). The first-order valence-corrected chi connectivity index (χ1v) is 7.89. The Morgan fingerprint density at radius 1 is 1.24 bits per heavy atom. The van der Waals surface area contributed by atoms with E-state index in [0.717, 1.165) is 18.5 Å². The molecule has 116 valence electrons. The van der Waals surface area contributed by atoms with Crippen molar-refractivity contribution in [2.75, 3.05) is 13.2 Å². The monoisotopic (exact) mass is 288 g/mol. The molecule has 0 bridgehead atoms. The van der Waals surface area contributed by atoms with Gasteiger partial charge in [-0.3, -0.25) is 5.32 Å². The maximum atomic E-state index is 9.76. The van der Waals surface area contributed by atoms with Crippen molar-refractivity contribution in [3.8, 4) is 6.07 Å². The summed E-state index contributed by atoms with van der Waals surface area (Å²) >= 11 is 0. The fourth-order valence-electron chi connectivity index (χ4n) is 2.15. The van der Waals surface area contributed by atoms with E-state index in [9.17, 15) is 5.26 Å². The Morgan fingerprint density at radius 3 is 2.43 bits per heavy atom. The highest BCUT2D eigenvalue weighted by Gasteiger charge is 2.31. The summed E-state index contributed by atoms with van der Waals surface area (Å²) in [6, 6.07) is 12.4. The summed E-state index contributed by atoms with van der Waals surface area (Å²) in [4.78, 5) is 0. The molecule has 0 radical (unpaired) electrons. The zero-order chi connectivity index (χ0) is 15.7. The lowest BCUT2D eigenvalue weighted by Crippen LogP contribution is -2.42. The van der Waals surface area contributed by atoms with Crippen LogP contribution in [-0.2, 0) is 10.3 Å². The van der Waals surface area contributed by atoms with E-state index in [1.165, 1.54) is 0 Å². The van der Waals surface area contributed by atoms with Crippen molar-refractivity contribution >= 4 is 0 Å². The second kappa shape index (κ2) is 8.81. The maximum Gasteiger partial charge on any atom is 0.134 e. The van der Waals surface area contributed by atoms with Gasteiger partial charge in [0.1, 0.15) is 5.54 Å². The Morgan fingerprint density at radius 2 is 1.90 bits per heavy atom. The molecule has 0 aliphatic rings. The number of hydrogen-bond donors (Lipinski definition) is 1. The van der Waals surface area contributed by atoms with Crippen molar-refractivity contribution in [3.05, 3.63) is 35.9 Å². The molecule has 0 aliphatic heterocycles. The van der Waals surface area contributed by atoms with Gasteiger partial charge in [0.2, 0.25) is 0 Å². The van der Waals surface area contributed by atoms with Crippen molar-refractivity contribution in [2.45, 2.75) is 52.2 Å². The third-order valence-corrected chi connectivity index (χ3v) is 3.93. The van der Waals surface area contributed by atoms with E-state index in [2.05, 4.69) is 39.1 Å². The van der Waals surface area contributed by atoms with E-state index < -0.39 is 5.54 Å². The molecular weight excluding hydrogens is 260 g/mol. The number of benzene rings is 1. The normalized spacial score (nSPS) is 15.4. The average molecular weight is 288 g/mol. The van der Waals surface area contributed by atoms with E-state index >= 15 is 0 Å². The Hall–Kier alpha value is -1.37. The Balaban J connectivity index is 2.80. The lowest BCUT2D eigenvalue weighted by molar-refractivity contribution is 0.0259. The molecule has 0 fully saturated rings. The summed E-state index contributed by atoms with van der Waals surface area (Å²) in [5.41, 5.74) is 0.357. The van der Waals surface area contributed by atoms with Crippen LogP contribution in [0, 0.1) is 17.2 Å². The number of rotatable bonds is 9. The molecule has 0 amide bonds. The predicted octanol–water partition coefficient (Wildman–Crippen LogP) is 3.86. The van der Waals surface area contributed by atoms with Gasteiger partial charge in [0, 0.05) is 6.42 Å². The SMILES string of the molecule is CCCNC(C#N)(CCOC(C)C(C)C)c1ccccc1. The highest BCUT2D eigenvalue weighted by molar-refractivity contribution is 5.31.